The quantitative estimate of drug-likeness (QED) is 0.855. The molecule has 0 aromatic heterocycles. The van der Waals surface area contributed by atoms with Gasteiger partial charge in [-0.1, -0.05) is 18.2 Å². The van der Waals surface area contributed by atoms with Crippen LogP contribution in [0.4, 0.5) is 10.5 Å². The Balaban J connectivity index is 1.87. The molecule has 1 amide bonds. The van der Waals surface area contributed by atoms with E-state index in [1.807, 2.05) is 48.2 Å². The summed E-state index contributed by atoms with van der Waals surface area (Å²) in [7, 11) is 0. The van der Waals surface area contributed by atoms with Gasteiger partial charge < -0.3 is 4.74 Å². The summed E-state index contributed by atoms with van der Waals surface area (Å²) < 4.78 is 5.19. The fraction of sp³-hybridized carbons (Fsp3) is 0.250. The molecule has 0 radical (unpaired) electrons. The molecule has 1 N–H and O–H groups in total. The van der Waals surface area contributed by atoms with Crippen LogP contribution in [0.3, 0.4) is 0 Å². The SMILES string of the molecule is O=C(Nc1ccccc1)OC1=CCSCC1. The highest BCUT2D eigenvalue weighted by Crippen LogP contribution is 2.18. The molecule has 1 aromatic carbocycles. The number of nitrogens with one attached hydrogen (secondary N) is 1. The van der Waals surface area contributed by atoms with E-state index in [1.165, 1.54) is 0 Å². The number of allylic oxidation sites excluding steroid dienone is 1. The van der Waals surface area contributed by atoms with Crippen LogP contribution in [-0.2, 0) is 4.74 Å². The van der Waals surface area contributed by atoms with Crippen LogP contribution < -0.4 is 5.32 Å². The Kier molecular flexibility index (Phi) is 3.88. The molecule has 16 heavy (non-hydrogen) atoms. The number of rotatable bonds is 2. The topological polar surface area (TPSA) is 38.3 Å². The van der Waals surface area contributed by atoms with Crippen molar-refractivity contribution in [3.05, 3.63) is 42.2 Å². The van der Waals surface area contributed by atoms with Crippen LogP contribution in [0.5, 0.6) is 0 Å². The van der Waals surface area contributed by atoms with Crippen LogP contribution in [0, 0.1) is 0 Å². The predicted molar refractivity (Wildman–Crippen MR) is 66.6 cm³/mol. The molecular formula is C12H13NO2S. The van der Waals surface area contributed by atoms with Crippen LogP contribution in [0.15, 0.2) is 42.2 Å². The van der Waals surface area contributed by atoms with Crippen molar-refractivity contribution in [2.75, 3.05) is 16.8 Å². The lowest BCUT2D eigenvalue weighted by Crippen LogP contribution is -2.14. The Morgan fingerprint density at radius 1 is 1.31 bits per heavy atom. The molecule has 2 rings (SSSR count). The lowest BCUT2D eigenvalue weighted by molar-refractivity contribution is 0.189. The lowest BCUT2D eigenvalue weighted by atomic mass is 10.3. The summed E-state index contributed by atoms with van der Waals surface area (Å²) in [6.07, 6.45) is 2.37. The van der Waals surface area contributed by atoms with Gasteiger partial charge in [-0.15, -0.1) is 0 Å². The van der Waals surface area contributed by atoms with E-state index in [0.29, 0.717) is 0 Å². The molecule has 0 bridgehead atoms. The third kappa shape index (κ3) is 3.31. The van der Waals surface area contributed by atoms with Gasteiger partial charge in [-0.2, -0.15) is 11.8 Å². The number of carbonyl (C=O) groups excluding carboxylic acids is 1. The highest BCUT2D eigenvalue weighted by atomic mass is 32.2. The highest BCUT2D eigenvalue weighted by molar-refractivity contribution is 7.99. The first-order chi connectivity index (χ1) is 7.84. The van der Waals surface area contributed by atoms with Crippen LogP contribution in [-0.4, -0.2) is 17.6 Å². The van der Waals surface area contributed by atoms with E-state index in [-0.39, 0.29) is 0 Å². The minimum absolute atomic E-state index is 0.413. The minimum atomic E-state index is -0.413. The van der Waals surface area contributed by atoms with Gasteiger partial charge in [0.25, 0.3) is 0 Å². The van der Waals surface area contributed by atoms with E-state index in [1.54, 1.807) is 0 Å². The van der Waals surface area contributed by atoms with Crippen molar-refractivity contribution >= 4 is 23.5 Å². The van der Waals surface area contributed by atoms with Crippen LogP contribution >= 0.6 is 11.8 Å². The van der Waals surface area contributed by atoms with Crippen molar-refractivity contribution in [3.63, 3.8) is 0 Å². The summed E-state index contributed by atoms with van der Waals surface area (Å²) in [4.78, 5) is 11.5. The molecule has 1 aliphatic rings. The number of anilines is 1. The first kappa shape index (κ1) is 11.1. The molecule has 4 heteroatoms. The molecule has 0 fully saturated rings. The number of ether oxygens (including phenoxy) is 1. The van der Waals surface area contributed by atoms with Crippen molar-refractivity contribution in [3.8, 4) is 0 Å². The van der Waals surface area contributed by atoms with Gasteiger partial charge >= 0.3 is 6.09 Å². The van der Waals surface area contributed by atoms with E-state index in [0.717, 1.165) is 29.4 Å². The van der Waals surface area contributed by atoms with Crippen molar-refractivity contribution in [2.45, 2.75) is 6.42 Å². The summed E-state index contributed by atoms with van der Waals surface area (Å²) in [6, 6.07) is 9.29. The second-order valence-corrected chi connectivity index (χ2v) is 4.53. The fourth-order valence-electron chi connectivity index (χ4n) is 1.39. The van der Waals surface area contributed by atoms with Crippen molar-refractivity contribution in [1.29, 1.82) is 0 Å². The van der Waals surface area contributed by atoms with Crippen molar-refractivity contribution in [1.82, 2.24) is 0 Å². The summed E-state index contributed by atoms with van der Waals surface area (Å²) in [5.74, 6) is 2.71. The van der Waals surface area contributed by atoms with Crippen molar-refractivity contribution in [2.24, 2.45) is 0 Å². The second-order valence-electron chi connectivity index (χ2n) is 3.38. The van der Waals surface area contributed by atoms with E-state index in [2.05, 4.69) is 5.32 Å². The van der Waals surface area contributed by atoms with E-state index in [9.17, 15) is 4.79 Å². The molecular weight excluding hydrogens is 222 g/mol. The van der Waals surface area contributed by atoms with Gasteiger partial charge in [0.2, 0.25) is 0 Å². The second kappa shape index (κ2) is 5.61. The van der Waals surface area contributed by atoms with Gasteiger partial charge in [0.15, 0.2) is 0 Å². The summed E-state index contributed by atoms with van der Waals surface area (Å²) in [5.41, 5.74) is 0.748. The van der Waals surface area contributed by atoms with Gasteiger partial charge in [-0.05, 0) is 18.2 Å². The highest BCUT2D eigenvalue weighted by Gasteiger charge is 2.09. The Labute approximate surface area is 98.9 Å². The van der Waals surface area contributed by atoms with E-state index >= 15 is 0 Å². The third-order valence-corrected chi connectivity index (χ3v) is 3.06. The van der Waals surface area contributed by atoms with Gasteiger partial charge in [0.05, 0.1) is 0 Å². The van der Waals surface area contributed by atoms with Gasteiger partial charge in [0.1, 0.15) is 5.76 Å². The Hall–Kier alpha value is -1.42. The molecule has 1 aromatic rings. The number of thioether (sulfide) groups is 1. The smallest absolute Gasteiger partial charge is 0.415 e. The van der Waals surface area contributed by atoms with Crippen LogP contribution in [0.1, 0.15) is 6.42 Å². The standard InChI is InChI=1S/C12H13NO2S/c14-12(13-10-4-2-1-3-5-10)15-11-6-8-16-9-7-11/h1-6H,7-9H2,(H,13,14). The zero-order valence-corrected chi connectivity index (χ0v) is 9.63. The minimum Gasteiger partial charge on any atom is -0.415 e. The molecule has 0 unspecified atom stereocenters. The maximum atomic E-state index is 11.5. The lowest BCUT2D eigenvalue weighted by Gasteiger charge is -2.13. The zero-order valence-electron chi connectivity index (χ0n) is 8.81. The molecule has 3 nitrogen and oxygen atoms in total. The first-order valence-electron chi connectivity index (χ1n) is 5.15. The Bertz CT molecular complexity index is 389. The molecule has 0 aliphatic carbocycles. The van der Waals surface area contributed by atoms with E-state index in [4.69, 9.17) is 4.74 Å². The predicted octanol–water partition coefficient (Wildman–Crippen LogP) is 3.26. The van der Waals surface area contributed by atoms with Gasteiger partial charge in [0, 0.05) is 23.6 Å². The maximum absolute atomic E-state index is 11.5. The number of carbonyl (C=O) groups is 1. The molecule has 1 aliphatic heterocycles. The van der Waals surface area contributed by atoms with Gasteiger partial charge in [-0.3, -0.25) is 5.32 Å². The molecule has 84 valence electrons. The first-order valence-corrected chi connectivity index (χ1v) is 6.31. The number of amides is 1. The average Bonchev–Trinajstić information content (AvgIpc) is 2.31. The average molecular weight is 235 g/mol. The number of benzene rings is 1. The third-order valence-electron chi connectivity index (χ3n) is 2.17. The Morgan fingerprint density at radius 3 is 2.81 bits per heavy atom. The number of hydrogen-bond acceptors (Lipinski definition) is 3. The Morgan fingerprint density at radius 2 is 2.12 bits per heavy atom. The monoisotopic (exact) mass is 235 g/mol. The number of para-hydroxylation sites is 1. The fourth-order valence-corrected chi connectivity index (χ4v) is 2.20. The summed E-state index contributed by atoms with van der Waals surface area (Å²) in [5, 5.41) is 2.68. The molecule has 0 atom stereocenters. The van der Waals surface area contributed by atoms with Gasteiger partial charge in [-0.25, -0.2) is 4.79 Å². The van der Waals surface area contributed by atoms with Crippen LogP contribution in [0.25, 0.3) is 0 Å². The van der Waals surface area contributed by atoms with Crippen LogP contribution in [0.2, 0.25) is 0 Å². The molecule has 1 heterocycles. The molecule has 0 saturated heterocycles. The largest absolute Gasteiger partial charge is 0.416 e. The zero-order chi connectivity index (χ0) is 11.2. The summed E-state index contributed by atoms with van der Waals surface area (Å²) >= 11 is 1.84. The molecule has 0 saturated carbocycles. The molecule has 0 spiro atoms. The maximum Gasteiger partial charge on any atom is 0.416 e. The normalized spacial score (nSPS) is 15.1. The summed E-state index contributed by atoms with van der Waals surface area (Å²) in [6.45, 7) is 0. The van der Waals surface area contributed by atoms with Crippen molar-refractivity contribution < 1.29 is 9.53 Å². The number of hydrogen-bond donors (Lipinski definition) is 1. The van der Waals surface area contributed by atoms with E-state index < -0.39 is 6.09 Å².